The zero-order valence-corrected chi connectivity index (χ0v) is 11.8. The Morgan fingerprint density at radius 1 is 1.19 bits per heavy atom. The Labute approximate surface area is 122 Å². The molecule has 0 unspecified atom stereocenters. The monoisotopic (exact) mass is 281 g/mol. The van der Waals surface area contributed by atoms with E-state index in [0.29, 0.717) is 11.6 Å². The van der Waals surface area contributed by atoms with Gasteiger partial charge in [0.1, 0.15) is 5.69 Å². The van der Waals surface area contributed by atoms with Gasteiger partial charge in [0.05, 0.1) is 18.1 Å². The normalized spacial score (nSPS) is 10.6. The van der Waals surface area contributed by atoms with E-state index >= 15 is 0 Å². The summed E-state index contributed by atoms with van der Waals surface area (Å²) < 4.78 is 3.63. The van der Waals surface area contributed by atoms with Crippen molar-refractivity contribution in [3.63, 3.8) is 0 Å². The molecule has 106 valence electrons. The lowest BCUT2D eigenvalue weighted by Crippen LogP contribution is -2.28. The van der Waals surface area contributed by atoms with Crippen molar-refractivity contribution < 1.29 is 4.79 Å². The van der Waals surface area contributed by atoms with Crippen LogP contribution in [0.4, 0.5) is 5.69 Å². The molecule has 0 spiro atoms. The molecular formula is C15H15N5O. The molecule has 0 aromatic carbocycles. The number of amides is 1. The molecule has 0 aliphatic carbocycles. The smallest absolute Gasteiger partial charge is 0.276 e. The molecule has 0 saturated carbocycles. The maximum absolute atomic E-state index is 12.6. The molecule has 6 heteroatoms. The number of aromatic nitrogens is 4. The summed E-state index contributed by atoms with van der Waals surface area (Å²) >= 11 is 0. The van der Waals surface area contributed by atoms with Crippen LogP contribution in [0, 0.1) is 0 Å². The van der Waals surface area contributed by atoms with Gasteiger partial charge < -0.3 is 9.47 Å². The van der Waals surface area contributed by atoms with E-state index < -0.39 is 0 Å². The van der Waals surface area contributed by atoms with Gasteiger partial charge in [-0.3, -0.25) is 14.3 Å². The van der Waals surface area contributed by atoms with E-state index in [-0.39, 0.29) is 5.91 Å². The number of anilines is 1. The largest absolute Gasteiger partial charge is 0.309 e. The first kappa shape index (κ1) is 13.1. The number of rotatable bonds is 3. The quantitative estimate of drug-likeness (QED) is 0.736. The molecule has 21 heavy (non-hydrogen) atoms. The number of carbonyl (C=O) groups is 1. The summed E-state index contributed by atoms with van der Waals surface area (Å²) in [5.74, 6) is 0.569. The summed E-state index contributed by atoms with van der Waals surface area (Å²) in [4.78, 5) is 22.5. The van der Waals surface area contributed by atoms with Gasteiger partial charge in [0.15, 0.2) is 0 Å². The van der Waals surface area contributed by atoms with Crippen LogP contribution in [0.25, 0.3) is 5.95 Å². The van der Waals surface area contributed by atoms with Gasteiger partial charge in [-0.1, -0.05) is 0 Å². The van der Waals surface area contributed by atoms with Crippen molar-refractivity contribution in [2.24, 2.45) is 7.05 Å². The highest BCUT2D eigenvalue weighted by Gasteiger charge is 2.19. The molecule has 0 bridgehead atoms. The fourth-order valence-electron chi connectivity index (χ4n) is 2.15. The molecule has 0 saturated heterocycles. The molecule has 0 fully saturated rings. The van der Waals surface area contributed by atoms with Crippen molar-refractivity contribution in [2.75, 3.05) is 11.9 Å². The van der Waals surface area contributed by atoms with Gasteiger partial charge in [-0.2, -0.15) is 0 Å². The van der Waals surface area contributed by atoms with E-state index in [2.05, 4.69) is 9.97 Å². The first-order valence-corrected chi connectivity index (χ1v) is 6.51. The van der Waals surface area contributed by atoms with Crippen LogP contribution in [0.1, 0.15) is 10.5 Å². The highest BCUT2D eigenvalue weighted by molar-refractivity contribution is 6.04. The summed E-state index contributed by atoms with van der Waals surface area (Å²) in [6, 6.07) is 7.47. The van der Waals surface area contributed by atoms with E-state index in [4.69, 9.17) is 0 Å². The van der Waals surface area contributed by atoms with Crippen molar-refractivity contribution in [1.29, 1.82) is 0 Å². The van der Waals surface area contributed by atoms with Crippen LogP contribution in [0.5, 0.6) is 0 Å². The average molecular weight is 281 g/mol. The lowest BCUT2D eigenvalue weighted by Gasteiger charge is -2.17. The third kappa shape index (κ3) is 2.31. The topological polar surface area (TPSA) is 56.0 Å². The van der Waals surface area contributed by atoms with Gasteiger partial charge in [-0.15, -0.1) is 0 Å². The third-order valence-corrected chi connectivity index (χ3v) is 3.36. The van der Waals surface area contributed by atoms with Crippen LogP contribution in [0.2, 0.25) is 0 Å². The second kappa shape index (κ2) is 5.24. The van der Waals surface area contributed by atoms with Crippen LogP contribution in [0.3, 0.4) is 0 Å². The Morgan fingerprint density at radius 2 is 1.95 bits per heavy atom. The molecule has 3 aromatic heterocycles. The van der Waals surface area contributed by atoms with Gasteiger partial charge in [-0.25, -0.2) is 4.98 Å². The molecule has 6 nitrogen and oxygen atoms in total. The van der Waals surface area contributed by atoms with E-state index in [0.717, 1.165) is 5.69 Å². The molecule has 0 atom stereocenters. The van der Waals surface area contributed by atoms with Gasteiger partial charge in [0, 0.05) is 32.7 Å². The van der Waals surface area contributed by atoms with Crippen LogP contribution < -0.4 is 4.90 Å². The van der Waals surface area contributed by atoms with Crippen molar-refractivity contribution in [3.05, 3.63) is 60.9 Å². The van der Waals surface area contributed by atoms with Crippen LogP contribution >= 0.6 is 0 Å². The number of carbonyl (C=O) groups excluding carboxylic acids is 1. The third-order valence-electron chi connectivity index (χ3n) is 3.36. The minimum atomic E-state index is -0.128. The second-order valence-corrected chi connectivity index (χ2v) is 4.67. The molecule has 3 heterocycles. The molecule has 0 aliphatic rings. The van der Waals surface area contributed by atoms with Crippen LogP contribution in [0.15, 0.2) is 55.2 Å². The zero-order valence-electron chi connectivity index (χ0n) is 11.8. The van der Waals surface area contributed by atoms with Gasteiger partial charge in [0.25, 0.3) is 5.91 Å². The number of pyridine rings is 1. The molecular weight excluding hydrogens is 266 g/mol. The maximum atomic E-state index is 12.6. The van der Waals surface area contributed by atoms with E-state index in [9.17, 15) is 4.79 Å². The van der Waals surface area contributed by atoms with E-state index in [1.54, 1.807) is 41.2 Å². The minimum absolute atomic E-state index is 0.128. The minimum Gasteiger partial charge on any atom is -0.309 e. The number of hydrogen-bond acceptors (Lipinski definition) is 3. The average Bonchev–Trinajstić information content (AvgIpc) is 3.16. The van der Waals surface area contributed by atoms with Gasteiger partial charge in [-0.05, 0) is 24.3 Å². The summed E-state index contributed by atoms with van der Waals surface area (Å²) in [5.41, 5.74) is 1.26. The van der Waals surface area contributed by atoms with Crippen LogP contribution in [-0.4, -0.2) is 32.1 Å². The maximum Gasteiger partial charge on any atom is 0.276 e. The van der Waals surface area contributed by atoms with E-state index in [1.165, 1.54) is 0 Å². The SMILES string of the molecule is CN(C(=O)c1cnc(-n2cccc2)n1C)c1cccnc1. The van der Waals surface area contributed by atoms with Crippen molar-refractivity contribution >= 4 is 11.6 Å². The Kier molecular flexibility index (Phi) is 3.27. The molecule has 3 aromatic rings. The predicted molar refractivity (Wildman–Crippen MR) is 79.5 cm³/mol. The van der Waals surface area contributed by atoms with Gasteiger partial charge in [0.2, 0.25) is 5.95 Å². The van der Waals surface area contributed by atoms with Crippen LogP contribution in [-0.2, 0) is 7.05 Å². The Morgan fingerprint density at radius 3 is 2.62 bits per heavy atom. The highest BCUT2D eigenvalue weighted by Crippen LogP contribution is 2.15. The van der Waals surface area contributed by atoms with Crippen molar-refractivity contribution in [3.8, 4) is 5.95 Å². The number of imidazole rings is 1. The standard InChI is InChI=1S/C15H15N5O/c1-18(12-6-5-7-16-10-12)14(21)13-11-17-15(19(13)2)20-8-3-4-9-20/h3-11H,1-2H3. The highest BCUT2D eigenvalue weighted by atomic mass is 16.2. The zero-order chi connectivity index (χ0) is 14.8. The lowest BCUT2D eigenvalue weighted by atomic mass is 10.3. The van der Waals surface area contributed by atoms with E-state index in [1.807, 2.05) is 42.2 Å². The summed E-state index contributed by atoms with van der Waals surface area (Å²) in [6.07, 6.45) is 8.70. The predicted octanol–water partition coefficient (Wildman–Crippen LogP) is 1.88. The fourth-order valence-corrected chi connectivity index (χ4v) is 2.15. The Hall–Kier alpha value is -2.89. The second-order valence-electron chi connectivity index (χ2n) is 4.67. The Bertz CT molecular complexity index is 746. The summed E-state index contributed by atoms with van der Waals surface area (Å²) in [6.45, 7) is 0. The fraction of sp³-hybridized carbons (Fsp3) is 0.133. The molecule has 1 amide bonds. The molecule has 0 N–H and O–H groups in total. The Balaban J connectivity index is 1.93. The number of nitrogens with zero attached hydrogens (tertiary/aromatic N) is 5. The summed E-state index contributed by atoms with van der Waals surface area (Å²) in [5, 5.41) is 0. The first-order valence-electron chi connectivity index (χ1n) is 6.51. The first-order chi connectivity index (χ1) is 10.2. The van der Waals surface area contributed by atoms with Gasteiger partial charge >= 0.3 is 0 Å². The number of hydrogen-bond donors (Lipinski definition) is 0. The molecule has 3 rings (SSSR count). The lowest BCUT2D eigenvalue weighted by molar-refractivity contribution is 0.0985. The van der Waals surface area contributed by atoms with Crippen molar-refractivity contribution in [1.82, 2.24) is 19.1 Å². The molecule has 0 radical (unpaired) electrons. The molecule has 0 aliphatic heterocycles. The van der Waals surface area contributed by atoms with Crippen molar-refractivity contribution in [2.45, 2.75) is 0 Å². The summed E-state index contributed by atoms with van der Waals surface area (Å²) in [7, 11) is 3.55.